The average molecular weight is 619 g/mol. The second-order valence-corrected chi connectivity index (χ2v) is 12.6. The number of fused-ring (bicyclic) bond motifs is 3. The van der Waals surface area contributed by atoms with Gasteiger partial charge in [0.2, 0.25) is 12.3 Å². The molecule has 2 fully saturated rings. The van der Waals surface area contributed by atoms with Crippen molar-refractivity contribution < 1.29 is 32.2 Å². The number of thioether (sulfide) groups is 1. The SMILES string of the molecule is Nc1nc2c(ncn2[C@@H]2SCOCC[C@@H]3[C@@H](COP(O)(=S)O[C@@H]2F)OC3(F)c2cnc3c(N)ncnn23)c(=O)[nH]1. The first-order valence-electron chi connectivity index (χ1n) is 11.6. The van der Waals surface area contributed by atoms with Crippen molar-refractivity contribution >= 4 is 58.9 Å². The van der Waals surface area contributed by atoms with Gasteiger partial charge in [-0.3, -0.25) is 18.9 Å². The zero-order valence-electron chi connectivity index (χ0n) is 20.2. The number of rotatable bonds is 2. The normalized spacial score (nSPS) is 32.1. The van der Waals surface area contributed by atoms with Gasteiger partial charge in [0.1, 0.15) is 17.4 Å². The highest BCUT2D eigenvalue weighted by atomic mass is 32.5. The summed E-state index contributed by atoms with van der Waals surface area (Å²) in [6, 6.07) is 0. The van der Waals surface area contributed by atoms with Crippen LogP contribution in [0, 0.1) is 5.92 Å². The van der Waals surface area contributed by atoms with Gasteiger partial charge in [0.25, 0.3) is 11.4 Å². The van der Waals surface area contributed by atoms with E-state index in [0.717, 1.165) is 18.1 Å². The highest BCUT2D eigenvalue weighted by molar-refractivity contribution is 8.07. The number of nitrogens with zero attached hydrogens (tertiary/aromatic N) is 7. The van der Waals surface area contributed by atoms with Crippen molar-refractivity contribution in [3.8, 4) is 0 Å². The van der Waals surface area contributed by atoms with E-state index in [-0.39, 0.29) is 53.2 Å². The highest BCUT2D eigenvalue weighted by Gasteiger charge is 2.59. The number of ether oxygens (including phenoxy) is 2. The minimum atomic E-state index is -4.20. The van der Waals surface area contributed by atoms with Gasteiger partial charge in [0.15, 0.2) is 22.6 Å². The number of aromatic nitrogens is 8. The second kappa shape index (κ2) is 10.2. The molecule has 0 spiro atoms. The largest absolute Gasteiger partial charge is 0.381 e. The van der Waals surface area contributed by atoms with Gasteiger partial charge in [-0.15, -0.1) is 11.8 Å². The lowest BCUT2D eigenvalue weighted by atomic mass is 9.83. The van der Waals surface area contributed by atoms with Gasteiger partial charge in [-0.1, -0.05) is 0 Å². The Hall–Kier alpha value is -2.84. The molecule has 4 aromatic rings. The smallest absolute Gasteiger partial charge is 0.327 e. The molecule has 2 saturated heterocycles. The number of alkyl halides is 2. The molecule has 2 unspecified atom stereocenters. The Labute approximate surface area is 231 Å². The van der Waals surface area contributed by atoms with Crippen molar-refractivity contribution in [2.75, 3.05) is 30.6 Å². The molecule has 0 bridgehead atoms. The summed E-state index contributed by atoms with van der Waals surface area (Å²) >= 11 is 5.92. The van der Waals surface area contributed by atoms with Crippen LogP contribution in [0.3, 0.4) is 0 Å². The number of aromatic amines is 1. The first kappa shape index (κ1) is 27.3. The average Bonchev–Trinajstić information content (AvgIpc) is 3.51. The van der Waals surface area contributed by atoms with Gasteiger partial charge in [0.05, 0.1) is 37.1 Å². The quantitative estimate of drug-likeness (QED) is 0.228. The van der Waals surface area contributed by atoms with Gasteiger partial charge >= 0.3 is 6.72 Å². The molecule has 4 aromatic heterocycles. The Morgan fingerprint density at radius 3 is 2.95 bits per heavy atom. The lowest BCUT2D eigenvalue weighted by molar-refractivity contribution is -0.348. The van der Waals surface area contributed by atoms with E-state index in [4.69, 9.17) is 41.8 Å². The van der Waals surface area contributed by atoms with Crippen LogP contribution in [0.4, 0.5) is 20.5 Å². The Kier molecular flexibility index (Phi) is 6.98. The maximum Gasteiger partial charge on any atom is 0.327 e. The van der Waals surface area contributed by atoms with Gasteiger partial charge in [-0.05, 0) is 18.2 Å². The van der Waals surface area contributed by atoms with Crippen LogP contribution in [0.1, 0.15) is 17.5 Å². The summed E-state index contributed by atoms with van der Waals surface area (Å²) in [5, 5.41) is 2.75. The fraction of sp³-hybridized carbons (Fsp3) is 0.474. The summed E-state index contributed by atoms with van der Waals surface area (Å²) in [4.78, 5) is 41.1. The van der Waals surface area contributed by atoms with Crippen molar-refractivity contribution in [3.05, 3.63) is 34.9 Å². The first-order valence-corrected chi connectivity index (χ1v) is 15.2. The monoisotopic (exact) mass is 618 g/mol. The van der Waals surface area contributed by atoms with Crippen LogP contribution in [-0.4, -0.2) is 75.6 Å². The molecule has 0 radical (unpaired) electrons. The minimum absolute atomic E-state index is 0.0196. The number of anilines is 2. The topological polar surface area (TPSA) is 216 Å². The molecular formula is C19H21F2N10O6PS2. The molecule has 0 saturated carbocycles. The lowest BCUT2D eigenvalue weighted by Crippen LogP contribution is -2.57. The third-order valence-electron chi connectivity index (χ3n) is 6.41. The zero-order valence-corrected chi connectivity index (χ0v) is 22.7. The number of halogens is 2. The number of nitrogen functional groups attached to an aromatic ring is 2. The van der Waals surface area contributed by atoms with Crippen LogP contribution in [0.15, 0.2) is 23.6 Å². The number of hydrogen-bond acceptors (Lipinski definition) is 14. The van der Waals surface area contributed by atoms with Crippen LogP contribution in [0.2, 0.25) is 0 Å². The Morgan fingerprint density at radius 2 is 2.12 bits per heavy atom. The second-order valence-electron chi connectivity index (χ2n) is 8.80. The molecular weight excluding hydrogens is 597 g/mol. The number of hydrogen-bond donors (Lipinski definition) is 4. The molecule has 0 amide bonds. The summed E-state index contributed by atoms with van der Waals surface area (Å²) in [7, 11) is 0. The van der Waals surface area contributed by atoms with Crippen molar-refractivity contribution in [3.63, 3.8) is 0 Å². The zero-order chi connectivity index (χ0) is 28.2. The fourth-order valence-electron chi connectivity index (χ4n) is 4.57. The summed E-state index contributed by atoms with van der Waals surface area (Å²) in [5.74, 6) is -3.46. The van der Waals surface area contributed by atoms with Crippen LogP contribution in [0.5, 0.6) is 0 Å². The van der Waals surface area contributed by atoms with Crippen LogP contribution in [0.25, 0.3) is 16.8 Å². The highest BCUT2D eigenvalue weighted by Crippen LogP contribution is 2.54. The molecule has 6 N–H and O–H groups in total. The van der Waals surface area contributed by atoms with Gasteiger partial charge in [-0.2, -0.15) is 10.1 Å². The molecule has 0 aromatic carbocycles. The summed E-state index contributed by atoms with van der Waals surface area (Å²) in [6.07, 6.45) is 0.570. The van der Waals surface area contributed by atoms with E-state index in [1.165, 1.54) is 21.6 Å². The van der Waals surface area contributed by atoms with Gasteiger partial charge in [-0.25, -0.2) is 28.2 Å². The predicted molar refractivity (Wildman–Crippen MR) is 139 cm³/mol. The Bertz CT molecular complexity index is 1690. The van der Waals surface area contributed by atoms with E-state index in [9.17, 15) is 9.69 Å². The molecule has 16 nitrogen and oxygen atoms in total. The van der Waals surface area contributed by atoms with E-state index < -0.39 is 48.5 Å². The molecule has 214 valence electrons. The molecule has 6 atom stereocenters. The fourth-order valence-corrected chi connectivity index (χ4v) is 6.72. The molecule has 21 heteroatoms. The third-order valence-corrected chi connectivity index (χ3v) is 9.01. The van der Waals surface area contributed by atoms with Gasteiger partial charge < -0.3 is 30.4 Å². The molecule has 6 rings (SSSR count). The number of nitrogens with one attached hydrogen (secondary N) is 1. The van der Waals surface area contributed by atoms with Crippen molar-refractivity contribution in [1.29, 1.82) is 0 Å². The van der Waals surface area contributed by atoms with Gasteiger partial charge in [0, 0.05) is 6.61 Å². The van der Waals surface area contributed by atoms with Crippen LogP contribution < -0.4 is 17.0 Å². The molecule has 0 aliphatic carbocycles. The minimum Gasteiger partial charge on any atom is -0.381 e. The van der Waals surface area contributed by atoms with E-state index in [0.29, 0.717) is 0 Å². The van der Waals surface area contributed by atoms with Crippen molar-refractivity contribution in [2.45, 2.75) is 30.1 Å². The molecule has 6 heterocycles. The Balaban J connectivity index is 1.26. The van der Waals surface area contributed by atoms with E-state index in [1.807, 2.05) is 0 Å². The first-order chi connectivity index (χ1) is 19.1. The number of imidazole rings is 2. The standard InChI is InChI=1S/C19H21F2N10O6PS2/c20-12-17(30-6-26-11-14(30)28-18(23)29-16(11)32)40-7-34-2-1-8-9(4-35-38(33,39)37-12)36-19(8,21)10-3-24-15-13(22)25-5-27-31(10)15/h3,5-6,8-9,12,17H,1-2,4,7H2,(H,33,39)(H2,22,25,27)(H3,23,28,29,32)/t8-,9-,12+,17-,19?,38?/m1/s1. The Morgan fingerprint density at radius 1 is 1.30 bits per heavy atom. The number of nitrogens with two attached hydrogens (primary N) is 2. The van der Waals surface area contributed by atoms with E-state index in [1.54, 1.807) is 0 Å². The molecule has 40 heavy (non-hydrogen) atoms. The van der Waals surface area contributed by atoms with Crippen LogP contribution in [-0.2, 0) is 36.2 Å². The maximum atomic E-state index is 16.3. The van der Waals surface area contributed by atoms with Crippen molar-refractivity contribution in [1.82, 2.24) is 39.1 Å². The van der Waals surface area contributed by atoms with Crippen molar-refractivity contribution in [2.24, 2.45) is 5.92 Å². The lowest BCUT2D eigenvalue weighted by Gasteiger charge is -2.48. The molecule has 2 aliphatic rings. The van der Waals surface area contributed by atoms with Crippen LogP contribution >= 0.6 is 18.5 Å². The maximum absolute atomic E-state index is 16.3. The molecule has 2 aliphatic heterocycles. The summed E-state index contributed by atoms with van der Waals surface area (Å²) in [5.41, 5.74) is 10.9. The number of H-pyrrole nitrogens is 1. The summed E-state index contributed by atoms with van der Waals surface area (Å²) in [6.45, 7) is -4.56. The predicted octanol–water partition coefficient (Wildman–Crippen LogP) is 0.714. The van der Waals surface area contributed by atoms with E-state index >= 15 is 8.78 Å². The van der Waals surface area contributed by atoms with E-state index in [2.05, 4.69) is 30.0 Å². The third kappa shape index (κ3) is 4.73. The summed E-state index contributed by atoms with van der Waals surface area (Å²) < 4.78 is 55.9.